The number of piperazine rings is 1. The van der Waals surface area contributed by atoms with Crippen LogP contribution in [0.1, 0.15) is 29.2 Å². The van der Waals surface area contributed by atoms with Crippen LogP contribution in [0.2, 0.25) is 5.02 Å². The van der Waals surface area contributed by atoms with E-state index in [9.17, 15) is 22.8 Å². The number of hydrogen-bond acceptors (Lipinski definition) is 6. The van der Waals surface area contributed by atoms with Gasteiger partial charge >= 0.3 is 6.18 Å². The number of amides is 2. The van der Waals surface area contributed by atoms with Crippen LogP contribution in [0, 0.1) is 6.92 Å². The first-order valence-electron chi connectivity index (χ1n) is 13.6. The summed E-state index contributed by atoms with van der Waals surface area (Å²) in [6.45, 7) is 6.16. The number of likely N-dealkylation sites (N-methyl/N-ethyl adjacent to an activating group) is 1. The highest BCUT2D eigenvalue weighted by Crippen LogP contribution is 2.33. The molecule has 0 bridgehead atoms. The van der Waals surface area contributed by atoms with Crippen molar-refractivity contribution in [3.8, 4) is 0 Å². The van der Waals surface area contributed by atoms with Crippen LogP contribution in [0.4, 0.5) is 18.9 Å². The van der Waals surface area contributed by atoms with Crippen LogP contribution in [0.5, 0.6) is 0 Å². The van der Waals surface area contributed by atoms with Gasteiger partial charge in [0.25, 0.3) is 0 Å². The van der Waals surface area contributed by atoms with Gasteiger partial charge in [-0.25, -0.2) is 0 Å². The third-order valence-corrected chi connectivity index (χ3v) is 7.33. The van der Waals surface area contributed by atoms with Gasteiger partial charge in [-0.05, 0) is 67.9 Å². The number of carbonyl (C=O) groups excluding carboxylic acids is 2. The number of rotatable bonds is 12. The van der Waals surface area contributed by atoms with E-state index in [2.05, 4.69) is 16.0 Å². The molecule has 41 heavy (non-hydrogen) atoms. The van der Waals surface area contributed by atoms with Crippen molar-refractivity contribution >= 4 is 29.1 Å². The van der Waals surface area contributed by atoms with Crippen molar-refractivity contribution in [2.24, 2.45) is 0 Å². The molecule has 1 saturated heterocycles. The number of anilines is 1. The van der Waals surface area contributed by atoms with Gasteiger partial charge < -0.3 is 30.5 Å². The van der Waals surface area contributed by atoms with Crippen LogP contribution in [0.25, 0.3) is 0 Å². The lowest BCUT2D eigenvalue weighted by Crippen LogP contribution is -2.56. The molecule has 3 N–H and O–H groups in total. The Morgan fingerprint density at radius 2 is 1.78 bits per heavy atom. The van der Waals surface area contributed by atoms with E-state index < -0.39 is 17.8 Å². The second kappa shape index (κ2) is 14.9. The Hall–Kier alpha value is -2.86. The molecule has 1 aliphatic rings. The lowest BCUT2D eigenvalue weighted by Gasteiger charge is -2.38. The van der Waals surface area contributed by atoms with Gasteiger partial charge in [-0.3, -0.25) is 9.59 Å². The predicted octanol–water partition coefficient (Wildman–Crippen LogP) is 3.39. The fourth-order valence-electron chi connectivity index (χ4n) is 4.91. The predicted molar refractivity (Wildman–Crippen MR) is 154 cm³/mol. The van der Waals surface area contributed by atoms with E-state index in [4.69, 9.17) is 16.3 Å². The Labute approximate surface area is 244 Å². The summed E-state index contributed by atoms with van der Waals surface area (Å²) in [6, 6.07) is 8.39. The third kappa shape index (κ3) is 9.32. The van der Waals surface area contributed by atoms with Gasteiger partial charge in [-0.2, -0.15) is 13.2 Å². The average Bonchev–Trinajstić information content (AvgIpc) is 2.92. The zero-order valence-corrected chi connectivity index (χ0v) is 24.7. The second-order valence-electron chi connectivity index (χ2n) is 10.3. The zero-order chi connectivity index (χ0) is 30.2. The lowest BCUT2D eigenvalue weighted by atomic mass is 9.99. The molecular formula is C29H39ClF3N5O3. The van der Waals surface area contributed by atoms with Crippen LogP contribution in [0.15, 0.2) is 36.4 Å². The summed E-state index contributed by atoms with van der Waals surface area (Å²) in [6.07, 6.45) is -4.14. The molecule has 12 heteroatoms. The topological polar surface area (TPSA) is 85.9 Å². The number of nitrogens with zero attached hydrogens (tertiary/aromatic N) is 2. The molecule has 0 spiro atoms. The van der Waals surface area contributed by atoms with Crippen molar-refractivity contribution < 1.29 is 27.5 Å². The summed E-state index contributed by atoms with van der Waals surface area (Å²) in [7, 11) is 3.23. The molecule has 0 radical (unpaired) electrons. The fourth-order valence-corrected chi connectivity index (χ4v) is 5.13. The van der Waals surface area contributed by atoms with Gasteiger partial charge in [0.2, 0.25) is 11.8 Å². The molecule has 1 aliphatic heterocycles. The highest BCUT2D eigenvalue weighted by molar-refractivity contribution is 6.30. The molecule has 2 aromatic carbocycles. The number of carbonyl (C=O) groups is 2. The van der Waals surface area contributed by atoms with Gasteiger partial charge in [0.1, 0.15) is 6.04 Å². The monoisotopic (exact) mass is 597 g/mol. The highest BCUT2D eigenvalue weighted by Gasteiger charge is 2.33. The molecule has 3 rings (SSSR count). The quantitative estimate of drug-likeness (QED) is 0.348. The first-order chi connectivity index (χ1) is 19.4. The summed E-state index contributed by atoms with van der Waals surface area (Å²) in [5, 5.41) is 9.46. The summed E-state index contributed by atoms with van der Waals surface area (Å²) in [4.78, 5) is 29.8. The van der Waals surface area contributed by atoms with Crippen molar-refractivity contribution in [2.75, 3.05) is 58.4 Å². The van der Waals surface area contributed by atoms with E-state index in [1.807, 2.05) is 30.9 Å². The first-order valence-corrected chi connectivity index (χ1v) is 14.0. The summed E-state index contributed by atoms with van der Waals surface area (Å²) in [5.41, 5.74) is 2.34. The van der Waals surface area contributed by atoms with Crippen LogP contribution in [0.3, 0.4) is 0 Å². The Kier molecular flexibility index (Phi) is 11.8. The Morgan fingerprint density at radius 3 is 2.39 bits per heavy atom. The molecule has 0 aliphatic carbocycles. The SMILES string of the molecule is CNCC(=O)N[C@H](Cc1ccc(Cl)cc1C)C(=O)N1CCN(c2ccc(C(F)(F)F)cc2CNC(C)COC)CC1. The van der Waals surface area contributed by atoms with Crippen molar-refractivity contribution in [3.05, 3.63) is 63.7 Å². The lowest BCUT2D eigenvalue weighted by molar-refractivity contribution is -0.137. The van der Waals surface area contributed by atoms with E-state index in [1.165, 1.54) is 12.1 Å². The maximum absolute atomic E-state index is 13.6. The van der Waals surface area contributed by atoms with Gasteiger partial charge in [-0.15, -0.1) is 0 Å². The number of aryl methyl sites for hydroxylation is 1. The normalized spacial score (nSPS) is 15.5. The van der Waals surface area contributed by atoms with Crippen molar-refractivity contribution in [1.29, 1.82) is 0 Å². The number of methoxy groups -OCH3 is 1. The maximum Gasteiger partial charge on any atom is 0.416 e. The molecule has 2 amide bonds. The number of benzene rings is 2. The maximum atomic E-state index is 13.6. The average molecular weight is 598 g/mol. The fraction of sp³-hybridized carbons (Fsp3) is 0.517. The minimum atomic E-state index is -4.45. The zero-order valence-electron chi connectivity index (χ0n) is 23.9. The van der Waals surface area contributed by atoms with E-state index in [-0.39, 0.29) is 30.9 Å². The van der Waals surface area contributed by atoms with Gasteiger partial charge in [0.15, 0.2) is 0 Å². The second-order valence-corrected chi connectivity index (χ2v) is 10.8. The number of nitrogens with one attached hydrogen (secondary N) is 3. The number of ether oxygens (including phenoxy) is 1. The molecule has 2 aromatic rings. The smallest absolute Gasteiger partial charge is 0.383 e. The van der Waals surface area contributed by atoms with Crippen LogP contribution < -0.4 is 20.9 Å². The van der Waals surface area contributed by atoms with E-state index in [0.29, 0.717) is 55.5 Å². The molecule has 1 heterocycles. The Morgan fingerprint density at radius 1 is 1.07 bits per heavy atom. The van der Waals surface area contributed by atoms with Crippen molar-refractivity contribution in [1.82, 2.24) is 20.9 Å². The van der Waals surface area contributed by atoms with Crippen molar-refractivity contribution in [2.45, 2.75) is 45.1 Å². The minimum Gasteiger partial charge on any atom is -0.383 e. The summed E-state index contributed by atoms with van der Waals surface area (Å²) < 4.78 is 45.6. The summed E-state index contributed by atoms with van der Waals surface area (Å²) >= 11 is 6.10. The first kappa shape index (κ1) is 32.7. The number of alkyl halides is 3. The van der Waals surface area contributed by atoms with E-state index in [1.54, 1.807) is 25.1 Å². The minimum absolute atomic E-state index is 0.0452. The molecule has 1 fully saturated rings. The largest absolute Gasteiger partial charge is 0.416 e. The third-order valence-electron chi connectivity index (χ3n) is 7.10. The molecule has 226 valence electrons. The van der Waals surface area contributed by atoms with Crippen LogP contribution >= 0.6 is 11.6 Å². The number of hydrogen-bond donors (Lipinski definition) is 3. The Bertz CT molecular complexity index is 1190. The molecule has 2 atom stereocenters. The van der Waals surface area contributed by atoms with Crippen LogP contribution in [-0.2, 0) is 33.5 Å². The standard InChI is InChI=1S/C29H39ClF3N5O3/c1-19-13-24(30)7-5-21(19)15-25(36-27(39)17-34-3)28(40)38-11-9-37(10-12-38)26-8-6-23(29(31,32)33)14-22(26)16-35-20(2)18-41-4/h5-8,13-14,20,25,34-35H,9-12,15-18H2,1-4H3,(H,36,39)/t20?,25-/m1/s1. The molecular weight excluding hydrogens is 559 g/mol. The molecule has 0 saturated carbocycles. The molecule has 8 nitrogen and oxygen atoms in total. The van der Waals surface area contributed by atoms with Gasteiger partial charge in [0.05, 0.1) is 18.7 Å². The van der Waals surface area contributed by atoms with Gasteiger partial charge in [-0.1, -0.05) is 17.7 Å². The van der Waals surface area contributed by atoms with E-state index in [0.717, 1.165) is 17.2 Å². The summed E-state index contributed by atoms with van der Waals surface area (Å²) in [5.74, 6) is -0.494. The number of halogens is 4. The van der Waals surface area contributed by atoms with Gasteiger partial charge in [0, 0.05) is 63.0 Å². The molecule has 1 unspecified atom stereocenters. The Balaban J connectivity index is 1.75. The van der Waals surface area contributed by atoms with Crippen molar-refractivity contribution in [3.63, 3.8) is 0 Å². The molecule has 0 aromatic heterocycles. The highest BCUT2D eigenvalue weighted by atomic mass is 35.5. The van der Waals surface area contributed by atoms with E-state index >= 15 is 0 Å². The van der Waals surface area contributed by atoms with Crippen LogP contribution in [-0.4, -0.2) is 82.3 Å².